The molecule has 0 saturated heterocycles. The Morgan fingerprint density at radius 1 is 1.20 bits per heavy atom. The number of nitro groups is 1. The zero-order chi connectivity index (χ0) is 21.3. The zero-order valence-corrected chi connectivity index (χ0v) is 17.0. The Bertz CT molecular complexity index is 1320. The van der Waals surface area contributed by atoms with Gasteiger partial charge >= 0.3 is 5.56 Å². The fraction of sp³-hybridized carbons (Fsp3) is 0.0526. The largest absolute Gasteiger partial charge is 0.301 e. The number of nitro benzene ring substituents is 1. The number of halogens is 1. The number of nitrogens with zero attached hydrogens (tertiary/aromatic N) is 5. The van der Waals surface area contributed by atoms with Gasteiger partial charge in [-0.05, 0) is 31.2 Å². The maximum Gasteiger partial charge on any atom is 0.301 e. The van der Waals surface area contributed by atoms with Crippen molar-refractivity contribution < 1.29 is 4.92 Å². The molecule has 2 aromatic carbocycles. The summed E-state index contributed by atoms with van der Waals surface area (Å²) in [5.74, 6) is 0. The van der Waals surface area contributed by atoms with E-state index in [1.807, 2.05) is 0 Å². The van der Waals surface area contributed by atoms with Crippen LogP contribution in [0.3, 0.4) is 0 Å². The number of azo groups is 1. The van der Waals surface area contributed by atoms with Gasteiger partial charge in [0.1, 0.15) is 0 Å². The Balaban J connectivity index is 1.65. The van der Waals surface area contributed by atoms with Crippen molar-refractivity contribution in [2.45, 2.75) is 6.92 Å². The lowest BCUT2D eigenvalue weighted by Crippen LogP contribution is -2.13. The second kappa shape index (κ2) is 8.01. The predicted molar refractivity (Wildman–Crippen MR) is 115 cm³/mol. The van der Waals surface area contributed by atoms with Crippen LogP contribution in [0.25, 0.3) is 16.4 Å². The topological polar surface area (TPSA) is 119 Å². The van der Waals surface area contributed by atoms with Gasteiger partial charge in [0.25, 0.3) is 5.69 Å². The second-order valence-corrected chi connectivity index (χ2v) is 7.50. The Kier molecular flexibility index (Phi) is 5.25. The van der Waals surface area contributed by atoms with E-state index in [0.717, 1.165) is 0 Å². The van der Waals surface area contributed by atoms with E-state index in [2.05, 4.69) is 20.3 Å². The summed E-state index contributed by atoms with van der Waals surface area (Å²) >= 11 is 7.08. The van der Waals surface area contributed by atoms with Crippen molar-refractivity contribution in [1.29, 1.82) is 0 Å². The standard InChI is InChI=1S/C19H13ClN6O3S/c1-11-17(23-22-14-7-5-13(20)6-8-14)18(27)25(24-11)19-21-16(10-30-19)12-3-2-4-15(9-12)26(28)29/h2-10,24H,1H3. The molecule has 2 aromatic heterocycles. The summed E-state index contributed by atoms with van der Waals surface area (Å²) in [5.41, 5.74) is 1.95. The van der Waals surface area contributed by atoms with Crippen LogP contribution in [-0.2, 0) is 0 Å². The van der Waals surface area contributed by atoms with E-state index < -0.39 is 10.5 Å². The smallest absolute Gasteiger partial charge is 0.291 e. The fourth-order valence-electron chi connectivity index (χ4n) is 2.68. The van der Waals surface area contributed by atoms with Crippen LogP contribution in [0.2, 0.25) is 5.02 Å². The van der Waals surface area contributed by atoms with Crippen LogP contribution in [0.15, 0.2) is 68.9 Å². The minimum absolute atomic E-state index is 0.0279. The van der Waals surface area contributed by atoms with Crippen LogP contribution in [-0.4, -0.2) is 19.7 Å². The minimum atomic E-state index is -0.465. The highest BCUT2D eigenvalue weighted by molar-refractivity contribution is 7.12. The molecule has 0 aliphatic rings. The van der Waals surface area contributed by atoms with Gasteiger partial charge in [0.05, 0.1) is 22.0 Å². The third kappa shape index (κ3) is 3.91. The van der Waals surface area contributed by atoms with Crippen LogP contribution in [0.1, 0.15) is 5.69 Å². The monoisotopic (exact) mass is 440 g/mol. The van der Waals surface area contributed by atoms with Gasteiger partial charge < -0.3 is 0 Å². The molecule has 1 N–H and O–H groups in total. The Morgan fingerprint density at radius 2 is 1.97 bits per heavy atom. The first-order valence-electron chi connectivity index (χ1n) is 8.62. The minimum Gasteiger partial charge on any atom is -0.291 e. The Hall–Kier alpha value is -3.63. The van der Waals surface area contributed by atoms with Gasteiger partial charge in [0, 0.05) is 28.1 Å². The maximum atomic E-state index is 12.8. The van der Waals surface area contributed by atoms with Crippen molar-refractivity contribution in [3.63, 3.8) is 0 Å². The molecule has 30 heavy (non-hydrogen) atoms. The first kappa shape index (κ1) is 19.7. The lowest BCUT2D eigenvalue weighted by molar-refractivity contribution is -0.384. The highest BCUT2D eigenvalue weighted by Crippen LogP contribution is 2.27. The molecule has 2 heterocycles. The lowest BCUT2D eigenvalue weighted by atomic mass is 10.1. The first-order valence-corrected chi connectivity index (χ1v) is 9.88. The van der Waals surface area contributed by atoms with E-state index in [4.69, 9.17) is 11.6 Å². The molecule has 0 atom stereocenters. The first-order chi connectivity index (χ1) is 14.4. The van der Waals surface area contributed by atoms with Crippen molar-refractivity contribution in [2.24, 2.45) is 10.2 Å². The second-order valence-electron chi connectivity index (χ2n) is 6.23. The molecular weight excluding hydrogens is 428 g/mol. The number of aryl methyl sites for hydroxylation is 1. The van der Waals surface area contributed by atoms with Gasteiger partial charge in [-0.15, -0.1) is 16.5 Å². The Morgan fingerprint density at radius 3 is 2.70 bits per heavy atom. The number of non-ortho nitro benzene ring substituents is 1. The molecule has 0 spiro atoms. The van der Waals surface area contributed by atoms with Crippen molar-refractivity contribution in [2.75, 3.05) is 0 Å². The lowest BCUT2D eigenvalue weighted by Gasteiger charge is -1.97. The zero-order valence-electron chi connectivity index (χ0n) is 15.4. The number of thiazole rings is 1. The third-order valence-corrected chi connectivity index (χ3v) is 5.25. The van der Waals surface area contributed by atoms with Gasteiger partial charge in [-0.25, -0.2) is 4.98 Å². The van der Waals surface area contributed by atoms with E-state index in [1.54, 1.807) is 48.7 Å². The van der Waals surface area contributed by atoms with Gasteiger partial charge in [0.15, 0.2) is 5.69 Å². The summed E-state index contributed by atoms with van der Waals surface area (Å²) in [5, 5.41) is 24.8. The molecule has 0 aliphatic heterocycles. The van der Waals surface area contributed by atoms with Gasteiger partial charge in [-0.1, -0.05) is 23.7 Å². The summed E-state index contributed by atoms with van der Waals surface area (Å²) in [7, 11) is 0. The number of aromatic nitrogens is 3. The number of rotatable bonds is 5. The number of benzene rings is 2. The quantitative estimate of drug-likeness (QED) is 0.247. The molecule has 0 amide bonds. The van der Waals surface area contributed by atoms with E-state index in [1.165, 1.54) is 28.2 Å². The number of nitrogens with one attached hydrogen (secondary N) is 1. The summed E-state index contributed by atoms with van der Waals surface area (Å²) in [6.07, 6.45) is 0. The predicted octanol–water partition coefficient (Wildman–Crippen LogP) is 5.57. The summed E-state index contributed by atoms with van der Waals surface area (Å²) in [4.78, 5) is 27.7. The molecule has 0 radical (unpaired) electrons. The van der Waals surface area contributed by atoms with Crippen molar-refractivity contribution in [3.8, 4) is 16.4 Å². The molecule has 0 saturated carbocycles. The Labute approximate surface area is 178 Å². The van der Waals surface area contributed by atoms with Crippen LogP contribution in [0, 0.1) is 17.0 Å². The average molecular weight is 441 g/mol. The summed E-state index contributed by atoms with van der Waals surface area (Å²) < 4.78 is 1.27. The maximum absolute atomic E-state index is 12.8. The number of H-pyrrole nitrogens is 1. The van der Waals surface area contributed by atoms with E-state index in [0.29, 0.717) is 32.8 Å². The molecule has 150 valence electrons. The SMILES string of the molecule is Cc1[nH]n(-c2nc(-c3cccc([N+](=O)[O-])c3)cs2)c(=O)c1N=Nc1ccc(Cl)cc1. The van der Waals surface area contributed by atoms with E-state index >= 15 is 0 Å². The number of aromatic amines is 1. The molecule has 4 rings (SSSR count). The van der Waals surface area contributed by atoms with Gasteiger partial charge in [0.2, 0.25) is 5.13 Å². The van der Waals surface area contributed by atoms with Crippen LogP contribution < -0.4 is 5.56 Å². The molecule has 4 aromatic rings. The van der Waals surface area contributed by atoms with E-state index in [-0.39, 0.29) is 11.4 Å². The molecule has 0 bridgehead atoms. The van der Waals surface area contributed by atoms with Crippen LogP contribution in [0.5, 0.6) is 0 Å². The van der Waals surface area contributed by atoms with E-state index in [9.17, 15) is 14.9 Å². The van der Waals surface area contributed by atoms with Gasteiger partial charge in [-0.2, -0.15) is 9.80 Å². The number of hydrogen-bond donors (Lipinski definition) is 1. The van der Waals surface area contributed by atoms with Crippen molar-refractivity contribution >= 4 is 40.0 Å². The molecular formula is C19H13ClN6O3S. The summed E-state index contributed by atoms with van der Waals surface area (Å²) in [6.45, 7) is 1.71. The summed E-state index contributed by atoms with van der Waals surface area (Å²) in [6, 6.07) is 12.9. The van der Waals surface area contributed by atoms with Crippen LogP contribution in [0.4, 0.5) is 17.1 Å². The molecule has 0 unspecified atom stereocenters. The molecule has 0 fully saturated rings. The molecule has 11 heteroatoms. The highest BCUT2D eigenvalue weighted by atomic mass is 35.5. The molecule has 9 nitrogen and oxygen atoms in total. The highest BCUT2D eigenvalue weighted by Gasteiger charge is 2.16. The van der Waals surface area contributed by atoms with Gasteiger partial charge in [-0.3, -0.25) is 20.0 Å². The van der Waals surface area contributed by atoms with Crippen molar-refractivity contribution in [1.82, 2.24) is 14.8 Å². The molecule has 0 aliphatic carbocycles. The normalized spacial score (nSPS) is 11.3. The number of hydrogen-bond acceptors (Lipinski definition) is 7. The van der Waals surface area contributed by atoms with Crippen molar-refractivity contribution in [3.05, 3.63) is 85.1 Å². The third-order valence-electron chi connectivity index (χ3n) is 4.17. The van der Waals surface area contributed by atoms with Crippen LogP contribution >= 0.6 is 22.9 Å². The fourth-order valence-corrected chi connectivity index (χ4v) is 3.60. The average Bonchev–Trinajstić information content (AvgIpc) is 3.33.